The van der Waals surface area contributed by atoms with Gasteiger partial charge in [-0.05, 0) is 37.7 Å². The van der Waals surface area contributed by atoms with Crippen molar-refractivity contribution in [3.8, 4) is 5.75 Å². The molecule has 0 aliphatic rings. The molecule has 0 N–H and O–H groups in total. The monoisotopic (exact) mass is 279 g/mol. The van der Waals surface area contributed by atoms with Crippen molar-refractivity contribution < 1.29 is 14.3 Å². The molecule has 0 fully saturated rings. The first kappa shape index (κ1) is 16.5. The first-order chi connectivity index (χ1) is 9.65. The average Bonchev–Trinajstić information content (AvgIpc) is 2.48. The Bertz CT molecular complexity index is 399. The van der Waals surface area contributed by atoms with Crippen LogP contribution in [0.1, 0.15) is 38.8 Å². The number of rotatable bonds is 8. The number of carbonyl (C=O) groups is 1. The van der Waals surface area contributed by atoms with Crippen LogP contribution in [0.5, 0.6) is 5.75 Å². The molecule has 0 saturated heterocycles. The molecule has 1 aromatic rings. The number of ether oxygens (including phenoxy) is 2. The molecule has 0 spiro atoms. The minimum absolute atomic E-state index is 0.0509. The molecule has 0 unspecified atom stereocenters. The predicted molar refractivity (Wildman–Crippen MR) is 79.9 cm³/mol. The van der Waals surface area contributed by atoms with Gasteiger partial charge in [-0.2, -0.15) is 0 Å². The van der Waals surface area contributed by atoms with Crippen LogP contribution in [0, 0.1) is 0 Å². The van der Waals surface area contributed by atoms with E-state index in [0.717, 1.165) is 24.4 Å². The van der Waals surface area contributed by atoms with Gasteiger partial charge in [-0.1, -0.05) is 26.0 Å². The molecular weight excluding hydrogens is 254 g/mol. The molecule has 1 atom stereocenters. The van der Waals surface area contributed by atoms with Crippen molar-refractivity contribution in [2.45, 2.75) is 33.2 Å². The second-order valence-electron chi connectivity index (χ2n) is 4.52. The molecule has 0 heterocycles. The zero-order valence-electron chi connectivity index (χ0n) is 12.9. The van der Waals surface area contributed by atoms with Gasteiger partial charge in [-0.15, -0.1) is 0 Å². The van der Waals surface area contributed by atoms with E-state index in [1.807, 2.05) is 31.2 Å². The number of carbonyl (C=O) groups excluding carboxylic acids is 1. The summed E-state index contributed by atoms with van der Waals surface area (Å²) in [6.07, 6.45) is 0.377. The van der Waals surface area contributed by atoms with Crippen molar-refractivity contribution in [3.63, 3.8) is 0 Å². The summed E-state index contributed by atoms with van der Waals surface area (Å²) in [4.78, 5) is 14.1. The van der Waals surface area contributed by atoms with Crippen LogP contribution in [0.15, 0.2) is 24.3 Å². The Morgan fingerprint density at radius 2 is 1.75 bits per heavy atom. The number of hydrogen-bond donors (Lipinski definition) is 0. The lowest BCUT2D eigenvalue weighted by Crippen LogP contribution is -2.30. The fraction of sp³-hybridized carbons (Fsp3) is 0.562. The number of hydrogen-bond acceptors (Lipinski definition) is 4. The van der Waals surface area contributed by atoms with Gasteiger partial charge >= 0.3 is 5.97 Å². The van der Waals surface area contributed by atoms with Crippen molar-refractivity contribution in [1.82, 2.24) is 4.90 Å². The van der Waals surface area contributed by atoms with Gasteiger partial charge in [0.2, 0.25) is 0 Å². The molecule has 4 nitrogen and oxygen atoms in total. The Morgan fingerprint density at radius 3 is 2.20 bits per heavy atom. The SMILES string of the molecule is CCOC(=O)C[C@@H](c1ccc(OC)cc1)N(CC)CC. The van der Waals surface area contributed by atoms with E-state index in [2.05, 4.69) is 18.7 Å². The maximum atomic E-state index is 11.8. The van der Waals surface area contributed by atoms with Crippen LogP contribution in [0.2, 0.25) is 0 Å². The third-order valence-corrected chi connectivity index (χ3v) is 3.42. The van der Waals surface area contributed by atoms with Gasteiger partial charge in [-0.25, -0.2) is 0 Å². The van der Waals surface area contributed by atoms with Gasteiger partial charge in [0.1, 0.15) is 5.75 Å². The summed E-state index contributed by atoms with van der Waals surface area (Å²) in [6.45, 7) is 8.25. The first-order valence-corrected chi connectivity index (χ1v) is 7.19. The van der Waals surface area contributed by atoms with Gasteiger partial charge in [0, 0.05) is 6.04 Å². The number of nitrogens with zero attached hydrogens (tertiary/aromatic N) is 1. The van der Waals surface area contributed by atoms with Gasteiger partial charge < -0.3 is 9.47 Å². The minimum Gasteiger partial charge on any atom is -0.497 e. The molecule has 1 rings (SSSR count). The summed E-state index contributed by atoms with van der Waals surface area (Å²) in [7, 11) is 1.65. The Labute approximate surface area is 121 Å². The molecule has 20 heavy (non-hydrogen) atoms. The average molecular weight is 279 g/mol. The van der Waals surface area contributed by atoms with E-state index in [-0.39, 0.29) is 12.0 Å². The first-order valence-electron chi connectivity index (χ1n) is 7.19. The van der Waals surface area contributed by atoms with Crippen molar-refractivity contribution in [1.29, 1.82) is 0 Å². The number of benzene rings is 1. The van der Waals surface area contributed by atoms with Crippen molar-refractivity contribution in [2.24, 2.45) is 0 Å². The normalized spacial score (nSPS) is 12.2. The fourth-order valence-electron chi connectivity index (χ4n) is 2.33. The summed E-state index contributed by atoms with van der Waals surface area (Å²) < 4.78 is 10.3. The highest BCUT2D eigenvalue weighted by Gasteiger charge is 2.22. The quantitative estimate of drug-likeness (QED) is 0.686. The van der Waals surface area contributed by atoms with E-state index < -0.39 is 0 Å². The van der Waals surface area contributed by atoms with Crippen LogP contribution in [-0.2, 0) is 9.53 Å². The zero-order chi connectivity index (χ0) is 15.0. The lowest BCUT2D eigenvalue weighted by atomic mass is 10.0. The Morgan fingerprint density at radius 1 is 1.15 bits per heavy atom. The largest absolute Gasteiger partial charge is 0.497 e. The van der Waals surface area contributed by atoms with Crippen LogP contribution in [0.3, 0.4) is 0 Å². The number of esters is 1. The fourth-order valence-corrected chi connectivity index (χ4v) is 2.33. The molecule has 0 saturated carbocycles. The molecule has 112 valence electrons. The van der Waals surface area contributed by atoms with E-state index in [9.17, 15) is 4.79 Å². The van der Waals surface area contributed by atoms with Gasteiger partial charge in [0.05, 0.1) is 20.1 Å². The summed E-state index contributed by atoms with van der Waals surface area (Å²) in [5.41, 5.74) is 1.11. The molecule has 0 amide bonds. The molecule has 0 aliphatic carbocycles. The van der Waals surface area contributed by atoms with Crippen molar-refractivity contribution >= 4 is 5.97 Å². The smallest absolute Gasteiger partial charge is 0.307 e. The maximum Gasteiger partial charge on any atom is 0.307 e. The Hall–Kier alpha value is -1.55. The second-order valence-corrected chi connectivity index (χ2v) is 4.52. The molecule has 0 aliphatic heterocycles. The summed E-state index contributed by atoms with van der Waals surface area (Å²) in [6, 6.07) is 7.94. The summed E-state index contributed by atoms with van der Waals surface area (Å²) in [5, 5.41) is 0. The van der Waals surface area contributed by atoms with E-state index in [0.29, 0.717) is 13.0 Å². The minimum atomic E-state index is -0.153. The van der Waals surface area contributed by atoms with E-state index in [1.54, 1.807) is 7.11 Å². The van der Waals surface area contributed by atoms with Gasteiger partial charge in [0.15, 0.2) is 0 Å². The van der Waals surface area contributed by atoms with E-state index >= 15 is 0 Å². The highest BCUT2D eigenvalue weighted by Crippen LogP contribution is 2.26. The second kappa shape index (κ2) is 8.59. The topological polar surface area (TPSA) is 38.8 Å². The van der Waals surface area contributed by atoms with Crippen LogP contribution in [0.25, 0.3) is 0 Å². The standard InChI is InChI=1S/C16H25NO3/c1-5-17(6-2)15(12-16(18)20-7-3)13-8-10-14(19-4)11-9-13/h8-11,15H,5-7,12H2,1-4H3/t15-/m0/s1. The van der Waals surface area contributed by atoms with E-state index in [4.69, 9.17) is 9.47 Å². The van der Waals surface area contributed by atoms with E-state index in [1.165, 1.54) is 0 Å². The maximum absolute atomic E-state index is 11.8. The molecule has 0 radical (unpaired) electrons. The van der Waals surface area contributed by atoms with Crippen LogP contribution >= 0.6 is 0 Å². The van der Waals surface area contributed by atoms with Crippen LogP contribution in [0.4, 0.5) is 0 Å². The van der Waals surface area contributed by atoms with Crippen molar-refractivity contribution in [3.05, 3.63) is 29.8 Å². The third-order valence-electron chi connectivity index (χ3n) is 3.42. The van der Waals surface area contributed by atoms with Gasteiger partial charge in [-0.3, -0.25) is 9.69 Å². The zero-order valence-corrected chi connectivity index (χ0v) is 12.9. The molecule has 0 aromatic heterocycles. The highest BCUT2D eigenvalue weighted by atomic mass is 16.5. The summed E-state index contributed by atoms with van der Waals surface area (Å²) >= 11 is 0. The van der Waals surface area contributed by atoms with Crippen LogP contribution in [-0.4, -0.2) is 37.7 Å². The molecule has 1 aromatic carbocycles. The van der Waals surface area contributed by atoms with Gasteiger partial charge in [0.25, 0.3) is 0 Å². The molecular formula is C16H25NO3. The van der Waals surface area contributed by atoms with Crippen LogP contribution < -0.4 is 4.74 Å². The lowest BCUT2D eigenvalue weighted by molar-refractivity contribution is -0.144. The highest BCUT2D eigenvalue weighted by molar-refractivity contribution is 5.70. The third kappa shape index (κ3) is 4.53. The molecule has 4 heteroatoms. The predicted octanol–water partition coefficient (Wildman–Crippen LogP) is 3.03. The Kier molecular flexibility index (Phi) is 7.09. The Balaban J connectivity index is 2.92. The van der Waals surface area contributed by atoms with Crippen molar-refractivity contribution in [2.75, 3.05) is 26.8 Å². The molecule has 0 bridgehead atoms. The lowest BCUT2D eigenvalue weighted by Gasteiger charge is -2.29. The number of methoxy groups -OCH3 is 1. The summed E-state index contributed by atoms with van der Waals surface area (Å²) in [5.74, 6) is 0.670.